The Morgan fingerprint density at radius 1 is 1.25 bits per heavy atom. The Bertz CT molecular complexity index is 420. The van der Waals surface area contributed by atoms with Gasteiger partial charge in [-0.1, -0.05) is 6.42 Å². The van der Waals surface area contributed by atoms with Crippen LogP contribution in [0.5, 0.6) is 0 Å². The number of ether oxygens (including phenoxy) is 2. The zero-order valence-corrected chi connectivity index (χ0v) is 11.8. The molecule has 1 unspecified atom stereocenters. The summed E-state index contributed by atoms with van der Waals surface area (Å²) in [6, 6.07) is 0. The third-order valence-electron chi connectivity index (χ3n) is 3.01. The maximum Gasteiger partial charge on any atom is 0.186 e. The molecule has 1 saturated heterocycles. The summed E-state index contributed by atoms with van der Waals surface area (Å²) >= 11 is 0. The van der Waals surface area contributed by atoms with Crippen molar-refractivity contribution >= 4 is 16.4 Å². The first-order valence-corrected chi connectivity index (χ1v) is 7.57. The van der Waals surface area contributed by atoms with Gasteiger partial charge in [-0.2, -0.15) is 0 Å². The lowest BCUT2D eigenvalue weighted by Crippen LogP contribution is -2.34. The van der Waals surface area contributed by atoms with Crippen LogP contribution in [-0.2, 0) is 19.9 Å². The van der Waals surface area contributed by atoms with Crippen LogP contribution < -0.4 is 11.5 Å². The van der Waals surface area contributed by atoms with E-state index in [-0.39, 0.29) is 17.9 Å². The molecule has 0 aromatic rings. The molecule has 0 aromatic carbocycles. The van der Waals surface area contributed by atoms with Crippen molar-refractivity contribution in [1.82, 2.24) is 0 Å². The largest absolute Gasteiger partial charge is 0.759 e. The number of aliphatic imine (C=N–C) groups is 1. The minimum absolute atomic E-state index is 0.0187. The first-order chi connectivity index (χ1) is 9.20. The molecule has 2 fully saturated rings. The van der Waals surface area contributed by atoms with Gasteiger partial charge in [0.15, 0.2) is 11.7 Å². The summed E-state index contributed by atoms with van der Waals surface area (Å²) in [7, 11) is -5.17. The lowest BCUT2D eigenvalue weighted by atomic mass is 9.94. The molecule has 0 bridgehead atoms. The molecule has 0 amide bonds. The van der Waals surface area contributed by atoms with Crippen molar-refractivity contribution in [3.8, 4) is 0 Å². The summed E-state index contributed by atoms with van der Waals surface area (Å²) in [4.78, 5) is 3.95. The van der Waals surface area contributed by atoms with E-state index >= 15 is 0 Å². The summed E-state index contributed by atoms with van der Waals surface area (Å²) in [5.41, 5.74) is 10.5. The molecule has 1 heterocycles. The fourth-order valence-corrected chi connectivity index (χ4v) is 2.27. The number of nitrogens with two attached hydrogens (primary N) is 2. The maximum atomic E-state index is 8.52. The predicted octanol–water partition coefficient (Wildman–Crippen LogP) is -1.00. The average molecular weight is 309 g/mol. The van der Waals surface area contributed by atoms with Crippen LogP contribution in [0.4, 0.5) is 0 Å². The molecule has 1 saturated carbocycles. The summed E-state index contributed by atoms with van der Waals surface area (Å²) in [5.74, 6) is -0.204. The van der Waals surface area contributed by atoms with E-state index in [0.29, 0.717) is 13.2 Å². The number of rotatable bonds is 2. The maximum absolute atomic E-state index is 8.52. The van der Waals surface area contributed by atoms with Crippen LogP contribution in [0.1, 0.15) is 32.1 Å². The minimum atomic E-state index is -5.17. The van der Waals surface area contributed by atoms with Gasteiger partial charge in [-0.3, -0.25) is 13.4 Å². The normalized spacial score (nSPS) is 24.8. The van der Waals surface area contributed by atoms with Gasteiger partial charge in [-0.15, -0.1) is 0 Å². The van der Waals surface area contributed by atoms with Gasteiger partial charge in [0.05, 0.1) is 13.2 Å². The van der Waals surface area contributed by atoms with E-state index in [1.54, 1.807) is 0 Å². The van der Waals surface area contributed by atoms with Gasteiger partial charge < -0.3 is 30.0 Å². The monoisotopic (exact) mass is 309 g/mol. The number of hydrogen-bond donors (Lipinski definition) is 2. The van der Waals surface area contributed by atoms with Crippen LogP contribution >= 0.6 is 0 Å². The molecule has 118 valence electrons. The van der Waals surface area contributed by atoms with Crippen LogP contribution in [0.25, 0.3) is 0 Å². The van der Waals surface area contributed by atoms with Crippen molar-refractivity contribution in [2.24, 2.45) is 16.5 Å². The van der Waals surface area contributed by atoms with Gasteiger partial charge in [-0.05, 0) is 12.8 Å². The highest BCUT2D eigenvalue weighted by Crippen LogP contribution is 2.37. The Balaban J connectivity index is 0.000000347. The van der Waals surface area contributed by atoms with Gasteiger partial charge in [-0.25, -0.2) is 0 Å². The Labute approximate surface area is 117 Å². The highest BCUT2D eigenvalue weighted by atomic mass is 32.3. The highest BCUT2D eigenvalue weighted by Gasteiger charge is 2.41. The SMILES string of the molecule is NC(N)=NCC1COC2(CCCCC2)O1.O=S(=O)([O-])[O-]. The molecule has 20 heavy (non-hydrogen) atoms. The third-order valence-corrected chi connectivity index (χ3v) is 3.01. The summed E-state index contributed by atoms with van der Waals surface area (Å²) in [6.07, 6.45) is 5.69. The Morgan fingerprint density at radius 3 is 2.30 bits per heavy atom. The Morgan fingerprint density at radius 2 is 1.80 bits per heavy atom. The van der Waals surface area contributed by atoms with Crippen molar-refractivity contribution in [2.75, 3.05) is 13.2 Å². The smallest absolute Gasteiger partial charge is 0.186 e. The standard InChI is InChI=1S/C10H19N3O2.H2O4S/c11-9(12)13-6-8-7-14-10(15-8)4-2-1-3-5-10;1-5(2,3)4/h8H,1-7H2,(H4,11,12,13);(H2,1,2,3,4)/p-2. The second-order valence-electron chi connectivity index (χ2n) is 4.70. The third kappa shape index (κ3) is 7.01. The van der Waals surface area contributed by atoms with Crippen LogP contribution in [0.3, 0.4) is 0 Å². The quantitative estimate of drug-likeness (QED) is 0.284. The van der Waals surface area contributed by atoms with Gasteiger partial charge in [0.2, 0.25) is 0 Å². The van der Waals surface area contributed by atoms with Gasteiger partial charge >= 0.3 is 0 Å². The fourth-order valence-electron chi connectivity index (χ4n) is 2.27. The molecule has 1 spiro atoms. The molecule has 10 heteroatoms. The van der Waals surface area contributed by atoms with E-state index in [1.165, 1.54) is 19.3 Å². The van der Waals surface area contributed by atoms with Crippen LogP contribution in [0, 0.1) is 0 Å². The van der Waals surface area contributed by atoms with Crippen molar-refractivity contribution in [3.05, 3.63) is 0 Å². The van der Waals surface area contributed by atoms with Gasteiger partial charge in [0.1, 0.15) is 6.10 Å². The van der Waals surface area contributed by atoms with Crippen molar-refractivity contribution in [3.63, 3.8) is 0 Å². The predicted molar refractivity (Wildman–Crippen MR) is 67.8 cm³/mol. The molecule has 1 aliphatic heterocycles. The highest BCUT2D eigenvalue weighted by molar-refractivity contribution is 7.79. The second-order valence-corrected chi connectivity index (χ2v) is 5.51. The molecule has 9 nitrogen and oxygen atoms in total. The molecule has 2 rings (SSSR count). The molecular weight excluding hydrogens is 290 g/mol. The van der Waals surface area contributed by atoms with Crippen LogP contribution in [0.2, 0.25) is 0 Å². The summed E-state index contributed by atoms with van der Waals surface area (Å²) in [6.45, 7) is 1.11. The van der Waals surface area contributed by atoms with Crippen molar-refractivity contribution < 1.29 is 27.0 Å². The summed E-state index contributed by atoms with van der Waals surface area (Å²) in [5, 5.41) is 0. The lowest BCUT2D eigenvalue weighted by Gasteiger charge is -2.31. The van der Waals surface area contributed by atoms with E-state index in [1.807, 2.05) is 0 Å². The summed E-state index contributed by atoms with van der Waals surface area (Å²) < 4.78 is 45.7. The Kier molecular flexibility index (Phi) is 6.14. The second kappa shape index (κ2) is 7.18. The van der Waals surface area contributed by atoms with Crippen LogP contribution in [-0.4, -0.2) is 48.5 Å². The number of guanidine groups is 1. The van der Waals surface area contributed by atoms with E-state index < -0.39 is 10.4 Å². The van der Waals surface area contributed by atoms with E-state index in [0.717, 1.165) is 12.8 Å². The molecule has 1 atom stereocenters. The fraction of sp³-hybridized carbons (Fsp3) is 0.900. The molecule has 2 aliphatic rings. The number of nitrogens with zero attached hydrogens (tertiary/aromatic N) is 1. The first kappa shape index (κ1) is 17.1. The number of hydrogen-bond acceptors (Lipinski definition) is 7. The molecule has 1 aliphatic carbocycles. The van der Waals surface area contributed by atoms with Gasteiger partial charge in [0.25, 0.3) is 0 Å². The zero-order chi connectivity index (χ0) is 15.2. The first-order valence-electron chi connectivity index (χ1n) is 6.24. The molecule has 4 N–H and O–H groups in total. The lowest BCUT2D eigenvalue weighted by molar-refractivity contribution is -0.186. The zero-order valence-electron chi connectivity index (χ0n) is 11.0. The molecule has 0 aromatic heterocycles. The molecular formula is C10H19N3O6S-2. The molecule has 0 radical (unpaired) electrons. The van der Waals surface area contributed by atoms with Crippen molar-refractivity contribution in [2.45, 2.75) is 44.0 Å². The van der Waals surface area contributed by atoms with E-state index in [2.05, 4.69) is 4.99 Å². The van der Waals surface area contributed by atoms with Crippen LogP contribution in [0.15, 0.2) is 4.99 Å². The minimum Gasteiger partial charge on any atom is -0.759 e. The average Bonchev–Trinajstić information content (AvgIpc) is 2.69. The topological polar surface area (TPSA) is 163 Å². The van der Waals surface area contributed by atoms with Crippen molar-refractivity contribution in [1.29, 1.82) is 0 Å². The van der Waals surface area contributed by atoms with E-state index in [9.17, 15) is 0 Å². The van der Waals surface area contributed by atoms with E-state index in [4.69, 9.17) is 38.5 Å². The van der Waals surface area contributed by atoms with Gasteiger partial charge in [0, 0.05) is 23.2 Å². The Hall–Kier alpha value is -0.940.